The zero-order valence-electron chi connectivity index (χ0n) is 14.1. The van der Waals surface area contributed by atoms with Gasteiger partial charge in [-0.2, -0.15) is 4.68 Å². The predicted molar refractivity (Wildman–Crippen MR) is 92.0 cm³/mol. The van der Waals surface area contributed by atoms with Crippen molar-refractivity contribution in [3.8, 4) is 5.75 Å². The van der Waals surface area contributed by atoms with Gasteiger partial charge in [-0.3, -0.25) is 4.79 Å². The van der Waals surface area contributed by atoms with Crippen LogP contribution in [0.15, 0.2) is 59.4 Å². The Bertz CT molecular complexity index is 1080. The highest BCUT2D eigenvalue weighted by Crippen LogP contribution is 2.22. The second kappa shape index (κ2) is 7.91. The highest BCUT2D eigenvalue weighted by molar-refractivity contribution is 5.87. The molecule has 144 valence electrons. The van der Waals surface area contributed by atoms with Crippen LogP contribution in [0, 0.1) is 0 Å². The second-order valence-electron chi connectivity index (χ2n) is 5.45. The van der Waals surface area contributed by atoms with Gasteiger partial charge in [-0.1, -0.05) is 29.5 Å². The Hall–Kier alpha value is -3.69. The summed E-state index contributed by atoms with van der Waals surface area (Å²) in [5.74, 6) is -1.14. The summed E-state index contributed by atoms with van der Waals surface area (Å²) >= 11 is 0. The van der Waals surface area contributed by atoms with Gasteiger partial charge in [0.1, 0.15) is 11.3 Å². The molecule has 0 aliphatic heterocycles. The molecule has 10 heteroatoms. The lowest BCUT2D eigenvalue weighted by atomic mass is 10.2. The van der Waals surface area contributed by atoms with Crippen LogP contribution in [0.5, 0.6) is 5.75 Å². The summed E-state index contributed by atoms with van der Waals surface area (Å²) in [4.78, 5) is 24.0. The number of hydrogen-bond donors (Lipinski definition) is 0. The van der Waals surface area contributed by atoms with Crippen molar-refractivity contribution in [2.45, 2.75) is 13.1 Å². The van der Waals surface area contributed by atoms with Gasteiger partial charge >= 0.3 is 12.3 Å². The van der Waals surface area contributed by atoms with E-state index in [0.717, 1.165) is 22.9 Å². The molecule has 1 aromatic heterocycles. The fourth-order valence-corrected chi connectivity index (χ4v) is 2.23. The molecule has 0 radical (unpaired) electrons. The van der Waals surface area contributed by atoms with Crippen molar-refractivity contribution < 1.29 is 27.4 Å². The van der Waals surface area contributed by atoms with Crippen molar-refractivity contribution in [3.05, 3.63) is 70.5 Å². The number of carbonyl (C=O) groups is 1. The van der Waals surface area contributed by atoms with Crippen LogP contribution < -0.4 is 10.3 Å². The highest BCUT2D eigenvalue weighted by atomic mass is 19.4. The molecule has 0 saturated heterocycles. The van der Waals surface area contributed by atoms with E-state index < -0.39 is 24.6 Å². The molecule has 0 N–H and O–H groups in total. The van der Waals surface area contributed by atoms with E-state index in [1.807, 2.05) is 0 Å². The average molecular weight is 391 g/mol. The number of rotatable bonds is 5. The normalized spacial score (nSPS) is 11.7. The van der Waals surface area contributed by atoms with Crippen molar-refractivity contribution in [3.63, 3.8) is 0 Å². The molecule has 0 bridgehead atoms. The Kier molecular flexibility index (Phi) is 5.39. The topological polar surface area (TPSA) is 83.3 Å². The molecule has 2 aromatic carbocycles. The zero-order valence-corrected chi connectivity index (χ0v) is 14.1. The fraction of sp³-hybridized carbons (Fsp3) is 0.111. The third kappa shape index (κ3) is 4.93. The smallest absolute Gasteiger partial charge is 0.439 e. The maximum Gasteiger partial charge on any atom is 0.573 e. The molecule has 0 aliphatic rings. The van der Waals surface area contributed by atoms with Crippen molar-refractivity contribution in [1.82, 2.24) is 15.0 Å². The summed E-state index contributed by atoms with van der Waals surface area (Å²) < 4.78 is 45.9. The Labute approximate surface area is 155 Å². The molecule has 1 heterocycles. The number of carbonyl (C=O) groups excluding carboxylic acids is 1. The monoisotopic (exact) mass is 391 g/mol. The lowest BCUT2D eigenvalue weighted by Crippen LogP contribution is -2.26. The maximum atomic E-state index is 12.2. The minimum Gasteiger partial charge on any atom is -0.439 e. The summed E-state index contributed by atoms with van der Waals surface area (Å²) in [6.07, 6.45) is -2.36. The minimum absolute atomic E-state index is 0.338. The number of halogens is 3. The van der Waals surface area contributed by atoms with Crippen LogP contribution in [-0.2, 0) is 16.3 Å². The molecule has 0 aliphatic carbocycles. The first-order valence-corrected chi connectivity index (χ1v) is 7.85. The van der Waals surface area contributed by atoms with Gasteiger partial charge in [0.2, 0.25) is 0 Å². The summed E-state index contributed by atoms with van der Waals surface area (Å²) in [6.45, 7) is -0.432. The Balaban J connectivity index is 1.60. The molecule has 0 amide bonds. The first-order chi connectivity index (χ1) is 13.3. The number of ether oxygens (including phenoxy) is 2. The maximum absolute atomic E-state index is 12.2. The first-order valence-electron chi connectivity index (χ1n) is 7.85. The van der Waals surface area contributed by atoms with Crippen molar-refractivity contribution in [2.24, 2.45) is 0 Å². The van der Waals surface area contributed by atoms with E-state index in [1.54, 1.807) is 24.3 Å². The number of esters is 1. The molecule has 28 heavy (non-hydrogen) atoms. The van der Waals surface area contributed by atoms with Crippen molar-refractivity contribution in [2.75, 3.05) is 0 Å². The number of hydrogen-bond acceptors (Lipinski definition) is 6. The van der Waals surface area contributed by atoms with E-state index in [-0.39, 0.29) is 5.75 Å². The van der Waals surface area contributed by atoms with E-state index in [9.17, 15) is 22.8 Å². The molecular formula is C18H12F3N3O4. The van der Waals surface area contributed by atoms with Crippen molar-refractivity contribution >= 4 is 22.9 Å². The van der Waals surface area contributed by atoms with Gasteiger partial charge in [-0.05, 0) is 35.9 Å². The lowest BCUT2D eigenvalue weighted by Gasteiger charge is -2.08. The van der Waals surface area contributed by atoms with Gasteiger partial charge in [-0.15, -0.1) is 18.3 Å². The van der Waals surface area contributed by atoms with Gasteiger partial charge in [0.25, 0.3) is 5.56 Å². The third-order valence-corrected chi connectivity index (χ3v) is 3.48. The number of nitrogens with zero attached hydrogens (tertiary/aromatic N) is 3. The van der Waals surface area contributed by atoms with Crippen LogP contribution in [0.2, 0.25) is 0 Å². The Morgan fingerprint density at radius 3 is 2.54 bits per heavy atom. The fourth-order valence-electron chi connectivity index (χ4n) is 2.23. The van der Waals surface area contributed by atoms with E-state index in [0.29, 0.717) is 16.5 Å². The molecule has 0 atom stereocenters. The first kappa shape index (κ1) is 19.1. The third-order valence-electron chi connectivity index (χ3n) is 3.48. The molecule has 0 saturated carbocycles. The number of benzene rings is 2. The predicted octanol–water partition coefficient (Wildman–Crippen LogP) is 2.90. The summed E-state index contributed by atoms with van der Waals surface area (Å²) in [6, 6.07) is 11.5. The largest absolute Gasteiger partial charge is 0.573 e. The van der Waals surface area contributed by atoms with Crippen LogP contribution in [0.3, 0.4) is 0 Å². The number of aromatic nitrogens is 3. The Morgan fingerprint density at radius 2 is 1.82 bits per heavy atom. The molecule has 3 rings (SSSR count). The molecule has 0 unspecified atom stereocenters. The lowest BCUT2D eigenvalue weighted by molar-refractivity contribution is -0.274. The minimum atomic E-state index is -4.77. The van der Waals surface area contributed by atoms with Gasteiger partial charge < -0.3 is 9.47 Å². The van der Waals surface area contributed by atoms with E-state index in [2.05, 4.69) is 15.0 Å². The van der Waals surface area contributed by atoms with Gasteiger partial charge in [0.15, 0.2) is 6.73 Å². The van der Waals surface area contributed by atoms with E-state index in [4.69, 9.17) is 4.74 Å². The van der Waals surface area contributed by atoms with Gasteiger partial charge in [-0.25, -0.2) is 4.79 Å². The molecule has 7 nitrogen and oxygen atoms in total. The van der Waals surface area contributed by atoms with E-state index >= 15 is 0 Å². The SMILES string of the molecule is O=C(/C=C/c1ccc(OC(F)(F)F)cc1)OCn1nnc2ccccc2c1=O. The highest BCUT2D eigenvalue weighted by Gasteiger charge is 2.30. The molecule has 0 fully saturated rings. The van der Waals surface area contributed by atoms with Gasteiger partial charge in [0, 0.05) is 6.08 Å². The molecule has 3 aromatic rings. The summed E-state index contributed by atoms with van der Waals surface area (Å²) in [5.41, 5.74) is 0.421. The van der Waals surface area contributed by atoms with Crippen LogP contribution in [0.1, 0.15) is 5.56 Å². The van der Waals surface area contributed by atoms with Crippen LogP contribution in [-0.4, -0.2) is 27.3 Å². The van der Waals surface area contributed by atoms with Gasteiger partial charge in [0.05, 0.1) is 5.39 Å². The molecular weight excluding hydrogens is 379 g/mol. The van der Waals surface area contributed by atoms with E-state index in [1.165, 1.54) is 18.2 Å². The van der Waals surface area contributed by atoms with Crippen molar-refractivity contribution in [1.29, 1.82) is 0 Å². The second-order valence-corrected chi connectivity index (χ2v) is 5.45. The zero-order chi connectivity index (χ0) is 20.1. The van der Waals surface area contributed by atoms with Crippen LogP contribution in [0.4, 0.5) is 13.2 Å². The quantitative estimate of drug-likeness (QED) is 0.491. The molecule has 0 spiro atoms. The standard InChI is InChI=1S/C18H12F3N3O4/c19-18(20,21)28-13-8-5-12(6-9-13)7-10-16(25)27-11-24-17(26)14-3-1-2-4-15(14)22-23-24/h1-10H,11H2/b10-7+. The summed E-state index contributed by atoms with van der Waals surface area (Å²) in [5, 5.41) is 7.88. The number of fused-ring (bicyclic) bond motifs is 1. The Morgan fingerprint density at radius 1 is 1.11 bits per heavy atom. The van der Waals surface area contributed by atoms with Crippen LogP contribution >= 0.6 is 0 Å². The van der Waals surface area contributed by atoms with Crippen LogP contribution in [0.25, 0.3) is 17.0 Å². The number of alkyl halides is 3. The summed E-state index contributed by atoms with van der Waals surface area (Å²) in [7, 11) is 0. The average Bonchev–Trinajstić information content (AvgIpc) is 2.66.